The van der Waals surface area contributed by atoms with Crippen molar-refractivity contribution >= 4 is 40.6 Å². The smallest absolute Gasteiger partial charge is 0.294 e. The molecule has 0 spiro atoms. The van der Waals surface area contributed by atoms with Crippen LogP contribution in [0.3, 0.4) is 0 Å². The maximum atomic E-state index is 12.7. The van der Waals surface area contributed by atoms with Gasteiger partial charge in [0.2, 0.25) is 5.91 Å². The van der Waals surface area contributed by atoms with Gasteiger partial charge in [0.05, 0.1) is 18.6 Å². The van der Waals surface area contributed by atoms with Gasteiger partial charge < -0.3 is 14.8 Å². The van der Waals surface area contributed by atoms with Crippen molar-refractivity contribution in [1.29, 1.82) is 0 Å². The molecule has 3 amide bonds. The summed E-state index contributed by atoms with van der Waals surface area (Å²) in [5.41, 5.74) is 2.46. The summed E-state index contributed by atoms with van der Waals surface area (Å²) in [4.78, 5) is 38.7. The van der Waals surface area contributed by atoms with Gasteiger partial charge in [-0.05, 0) is 66.1 Å². The van der Waals surface area contributed by atoms with E-state index in [4.69, 9.17) is 9.47 Å². The molecule has 0 aliphatic carbocycles. The number of nitrogens with zero attached hydrogens (tertiary/aromatic N) is 1. The van der Waals surface area contributed by atoms with Crippen molar-refractivity contribution in [2.45, 2.75) is 26.7 Å². The molecule has 1 fully saturated rings. The molecule has 1 N–H and O–H groups in total. The lowest BCUT2D eigenvalue weighted by molar-refractivity contribution is -0.127. The molecule has 1 aliphatic heterocycles. The Bertz CT molecular complexity index is 1050. The van der Waals surface area contributed by atoms with Crippen LogP contribution in [-0.4, -0.2) is 42.2 Å². The normalized spacial score (nSPS) is 14.9. The lowest BCUT2D eigenvalue weighted by Crippen LogP contribution is -2.36. The number of hydrogen-bond donors (Lipinski definition) is 1. The second-order valence-electron chi connectivity index (χ2n) is 7.44. The summed E-state index contributed by atoms with van der Waals surface area (Å²) in [5.74, 6) is 0.575. The van der Waals surface area contributed by atoms with Gasteiger partial charge in [0.1, 0.15) is 6.54 Å². The summed E-state index contributed by atoms with van der Waals surface area (Å²) in [7, 11) is 1.55. The van der Waals surface area contributed by atoms with E-state index in [0.29, 0.717) is 35.3 Å². The van der Waals surface area contributed by atoms with Gasteiger partial charge in [0, 0.05) is 5.69 Å². The zero-order valence-electron chi connectivity index (χ0n) is 18.5. The highest BCUT2D eigenvalue weighted by Crippen LogP contribution is 2.34. The van der Waals surface area contributed by atoms with E-state index in [2.05, 4.69) is 19.2 Å². The Morgan fingerprint density at radius 3 is 2.47 bits per heavy atom. The number of imide groups is 1. The molecule has 0 radical (unpaired) electrons. The molecule has 0 aromatic heterocycles. The van der Waals surface area contributed by atoms with Crippen LogP contribution in [0.2, 0.25) is 0 Å². The zero-order valence-corrected chi connectivity index (χ0v) is 19.3. The standard InChI is InChI=1S/C24H26N2O5S/c1-5-31-20-12-16(6-11-19(20)30-4)13-21-23(28)26(24(29)32-21)14-22(27)25-18-9-7-17(8-10-18)15(2)3/h6-13,15H,5,14H2,1-4H3,(H,25,27)/b21-13+. The van der Waals surface area contributed by atoms with Crippen molar-refractivity contribution in [3.8, 4) is 11.5 Å². The number of carbonyl (C=O) groups is 3. The summed E-state index contributed by atoms with van der Waals surface area (Å²) in [6, 6.07) is 12.7. The Kier molecular flexibility index (Phi) is 7.58. The molecule has 1 aliphatic rings. The average Bonchev–Trinajstić information content (AvgIpc) is 3.02. The summed E-state index contributed by atoms with van der Waals surface area (Å²) in [5, 5.41) is 2.25. The lowest BCUT2D eigenvalue weighted by Gasteiger charge is -2.13. The van der Waals surface area contributed by atoms with Crippen molar-refractivity contribution < 1.29 is 23.9 Å². The number of methoxy groups -OCH3 is 1. The molecule has 1 heterocycles. The first kappa shape index (κ1) is 23.4. The van der Waals surface area contributed by atoms with Crippen LogP contribution < -0.4 is 14.8 Å². The van der Waals surface area contributed by atoms with E-state index in [1.54, 1.807) is 43.5 Å². The van der Waals surface area contributed by atoms with Crippen LogP contribution in [0.5, 0.6) is 11.5 Å². The predicted octanol–water partition coefficient (Wildman–Crippen LogP) is 4.89. The van der Waals surface area contributed by atoms with E-state index in [1.165, 1.54) is 0 Å². The second kappa shape index (κ2) is 10.4. The summed E-state index contributed by atoms with van der Waals surface area (Å²) < 4.78 is 10.8. The van der Waals surface area contributed by atoms with Crippen LogP contribution in [0, 0.1) is 0 Å². The SMILES string of the molecule is CCOc1cc(/C=C2/SC(=O)N(CC(=O)Nc3ccc(C(C)C)cc3)C2=O)ccc1OC. The van der Waals surface area contributed by atoms with Crippen LogP contribution in [0.4, 0.5) is 10.5 Å². The largest absolute Gasteiger partial charge is 0.493 e. The topological polar surface area (TPSA) is 84.9 Å². The number of rotatable bonds is 8. The molecule has 0 saturated carbocycles. The molecule has 0 unspecified atom stereocenters. The maximum absolute atomic E-state index is 12.7. The number of hydrogen-bond acceptors (Lipinski definition) is 6. The van der Waals surface area contributed by atoms with Gasteiger partial charge in [0.15, 0.2) is 11.5 Å². The van der Waals surface area contributed by atoms with E-state index >= 15 is 0 Å². The molecule has 1 saturated heterocycles. The molecule has 32 heavy (non-hydrogen) atoms. The Balaban J connectivity index is 1.69. The van der Waals surface area contributed by atoms with Gasteiger partial charge >= 0.3 is 0 Å². The van der Waals surface area contributed by atoms with E-state index in [0.717, 1.165) is 22.2 Å². The van der Waals surface area contributed by atoms with Gasteiger partial charge in [-0.25, -0.2) is 0 Å². The Labute approximate surface area is 191 Å². The third kappa shape index (κ3) is 5.50. The fourth-order valence-corrected chi connectivity index (χ4v) is 3.97. The first-order valence-electron chi connectivity index (χ1n) is 10.3. The van der Waals surface area contributed by atoms with Crippen molar-refractivity contribution in [3.05, 3.63) is 58.5 Å². The van der Waals surface area contributed by atoms with E-state index in [-0.39, 0.29) is 11.4 Å². The Morgan fingerprint density at radius 1 is 1.12 bits per heavy atom. The first-order chi connectivity index (χ1) is 15.3. The molecule has 7 nitrogen and oxygen atoms in total. The number of amides is 3. The first-order valence-corrected chi connectivity index (χ1v) is 11.1. The Morgan fingerprint density at radius 2 is 1.84 bits per heavy atom. The van der Waals surface area contributed by atoms with E-state index in [9.17, 15) is 14.4 Å². The molecular formula is C24H26N2O5S. The molecule has 3 rings (SSSR count). The molecule has 168 valence electrons. The quantitative estimate of drug-likeness (QED) is 0.572. The van der Waals surface area contributed by atoms with Gasteiger partial charge in [-0.3, -0.25) is 19.3 Å². The summed E-state index contributed by atoms with van der Waals surface area (Å²) in [6.07, 6.45) is 1.61. The van der Waals surface area contributed by atoms with Crippen molar-refractivity contribution in [1.82, 2.24) is 4.90 Å². The summed E-state index contributed by atoms with van der Waals surface area (Å²) in [6.45, 7) is 6.16. The monoisotopic (exact) mass is 454 g/mol. The molecule has 0 atom stereocenters. The third-order valence-electron chi connectivity index (χ3n) is 4.82. The van der Waals surface area contributed by atoms with Crippen LogP contribution >= 0.6 is 11.8 Å². The fourth-order valence-electron chi connectivity index (χ4n) is 3.13. The van der Waals surface area contributed by atoms with Crippen LogP contribution in [0.25, 0.3) is 6.08 Å². The maximum Gasteiger partial charge on any atom is 0.294 e. The van der Waals surface area contributed by atoms with Crippen molar-refractivity contribution in [3.63, 3.8) is 0 Å². The number of thioether (sulfide) groups is 1. The van der Waals surface area contributed by atoms with E-state index < -0.39 is 17.1 Å². The Hall–Kier alpha value is -3.26. The minimum Gasteiger partial charge on any atom is -0.493 e. The van der Waals surface area contributed by atoms with Crippen molar-refractivity contribution in [2.24, 2.45) is 0 Å². The minimum absolute atomic E-state index is 0.247. The average molecular weight is 455 g/mol. The highest BCUT2D eigenvalue weighted by Gasteiger charge is 2.36. The predicted molar refractivity (Wildman–Crippen MR) is 126 cm³/mol. The van der Waals surface area contributed by atoms with Crippen molar-refractivity contribution in [2.75, 3.05) is 25.6 Å². The number of benzene rings is 2. The second-order valence-corrected chi connectivity index (χ2v) is 8.43. The van der Waals surface area contributed by atoms with Crippen LogP contribution in [0.1, 0.15) is 37.8 Å². The molecule has 2 aromatic carbocycles. The van der Waals surface area contributed by atoms with E-state index in [1.807, 2.05) is 19.1 Å². The highest BCUT2D eigenvalue weighted by atomic mass is 32.2. The number of carbonyl (C=O) groups excluding carboxylic acids is 3. The fraction of sp³-hybridized carbons (Fsp3) is 0.292. The highest BCUT2D eigenvalue weighted by molar-refractivity contribution is 8.18. The molecule has 0 bridgehead atoms. The zero-order chi connectivity index (χ0) is 23.3. The van der Waals surface area contributed by atoms with Gasteiger partial charge in [0.25, 0.3) is 11.1 Å². The lowest BCUT2D eigenvalue weighted by atomic mass is 10.0. The minimum atomic E-state index is -0.501. The molecular weight excluding hydrogens is 428 g/mol. The van der Waals surface area contributed by atoms with Gasteiger partial charge in [-0.2, -0.15) is 0 Å². The third-order valence-corrected chi connectivity index (χ3v) is 5.73. The van der Waals surface area contributed by atoms with Crippen LogP contribution in [-0.2, 0) is 9.59 Å². The van der Waals surface area contributed by atoms with Gasteiger partial charge in [-0.15, -0.1) is 0 Å². The van der Waals surface area contributed by atoms with Crippen LogP contribution in [0.15, 0.2) is 47.4 Å². The molecule has 2 aromatic rings. The summed E-state index contributed by atoms with van der Waals surface area (Å²) >= 11 is 0.806. The number of anilines is 1. The van der Waals surface area contributed by atoms with Gasteiger partial charge in [-0.1, -0.05) is 32.0 Å². The number of ether oxygens (including phenoxy) is 2. The molecule has 8 heteroatoms. The number of nitrogens with one attached hydrogen (secondary N) is 1.